The molecule has 3 heterocycles. The molecule has 0 bridgehead atoms. The van der Waals surface area contributed by atoms with Gasteiger partial charge in [-0.2, -0.15) is 0 Å². The molecule has 3 rings (SSSR count). The second-order valence-corrected chi connectivity index (χ2v) is 5.85. The lowest BCUT2D eigenvalue weighted by atomic mass is 10.2. The Labute approximate surface area is 130 Å². The molecule has 22 heavy (non-hydrogen) atoms. The van der Waals surface area contributed by atoms with Crippen LogP contribution in [0.2, 0.25) is 0 Å². The predicted octanol–water partition coefficient (Wildman–Crippen LogP) is 2.29. The molecule has 0 aliphatic rings. The number of furan rings is 1. The quantitative estimate of drug-likeness (QED) is 0.781. The van der Waals surface area contributed by atoms with Gasteiger partial charge in [0.05, 0.1) is 11.6 Å². The molecule has 0 aliphatic carbocycles. The number of carbonyl (C=O) groups is 1. The Morgan fingerprint density at radius 2 is 2.32 bits per heavy atom. The zero-order chi connectivity index (χ0) is 15.7. The van der Waals surface area contributed by atoms with Crippen molar-refractivity contribution < 1.29 is 9.21 Å². The van der Waals surface area contributed by atoms with Gasteiger partial charge in [0.25, 0.3) is 5.56 Å². The van der Waals surface area contributed by atoms with Crippen molar-refractivity contribution in [3.63, 3.8) is 0 Å². The molecule has 0 saturated carbocycles. The fraction of sp³-hybridized carbons (Fsp3) is 0.267. The number of thiophene rings is 1. The van der Waals surface area contributed by atoms with E-state index in [1.54, 1.807) is 23.8 Å². The van der Waals surface area contributed by atoms with E-state index in [2.05, 4.69) is 4.98 Å². The fourth-order valence-corrected chi connectivity index (χ4v) is 3.38. The minimum atomic E-state index is -0.369. The number of nitrogens with two attached hydrogens (primary N) is 1. The van der Waals surface area contributed by atoms with Crippen LogP contribution in [0.3, 0.4) is 0 Å². The summed E-state index contributed by atoms with van der Waals surface area (Å²) in [5.41, 5.74) is 5.79. The van der Waals surface area contributed by atoms with Crippen LogP contribution in [0, 0.1) is 6.92 Å². The maximum Gasteiger partial charge on any atom is 0.263 e. The van der Waals surface area contributed by atoms with Gasteiger partial charge < -0.3 is 10.2 Å². The molecular formula is C15H15N3O3S. The van der Waals surface area contributed by atoms with Crippen molar-refractivity contribution in [1.82, 2.24) is 9.55 Å². The van der Waals surface area contributed by atoms with Crippen LogP contribution in [0.25, 0.3) is 21.5 Å². The normalized spacial score (nSPS) is 11.1. The van der Waals surface area contributed by atoms with Gasteiger partial charge in [-0.25, -0.2) is 4.98 Å². The molecule has 0 atom stereocenters. The molecule has 0 aliphatic heterocycles. The second kappa shape index (κ2) is 5.76. The van der Waals surface area contributed by atoms with Gasteiger partial charge in [-0.05, 0) is 25.5 Å². The topological polar surface area (TPSA) is 91.1 Å². The van der Waals surface area contributed by atoms with Crippen LogP contribution in [0.1, 0.15) is 18.7 Å². The Bertz CT molecular complexity index is 877. The third kappa shape index (κ3) is 2.55. The molecule has 0 spiro atoms. The zero-order valence-corrected chi connectivity index (χ0v) is 12.9. The Balaban J connectivity index is 2.08. The predicted molar refractivity (Wildman–Crippen MR) is 84.7 cm³/mol. The van der Waals surface area contributed by atoms with E-state index in [0.717, 1.165) is 5.56 Å². The van der Waals surface area contributed by atoms with Crippen LogP contribution in [0.15, 0.2) is 33.0 Å². The van der Waals surface area contributed by atoms with E-state index in [4.69, 9.17) is 10.2 Å². The number of primary amides is 1. The number of hydrogen-bond acceptors (Lipinski definition) is 5. The first-order chi connectivity index (χ1) is 10.6. The maximum absolute atomic E-state index is 12.8. The molecule has 3 aromatic rings. The molecule has 6 nitrogen and oxygen atoms in total. The van der Waals surface area contributed by atoms with Crippen molar-refractivity contribution in [2.45, 2.75) is 26.3 Å². The van der Waals surface area contributed by atoms with Crippen LogP contribution in [-0.2, 0) is 11.3 Å². The highest BCUT2D eigenvalue weighted by Gasteiger charge is 2.16. The summed E-state index contributed by atoms with van der Waals surface area (Å²) in [5, 5.41) is 2.44. The number of nitrogens with zero attached hydrogens (tertiary/aromatic N) is 2. The minimum absolute atomic E-state index is 0.111. The number of carbonyl (C=O) groups excluding carboxylic acids is 1. The monoisotopic (exact) mass is 317 g/mol. The Kier molecular flexibility index (Phi) is 3.81. The van der Waals surface area contributed by atoms with Gasteiger partial charge in [0.15, 0.2) is 0 Å². The van der Waals surface area contributed by atoms with Gasteiger partial charge >= 0.3 is 0 Å². The van der Waals surface area contributed by atoms with Crippen LogP contribution < -0.4 is 11.3 Å². The third-order valence-corrected chi connectivity index (χ3v) is 4.35. The second-order valence-electron chi connectivity index (χ2n) is 4.99. The summed E-state index contributed by atoms with van der Waals surface area (Å²) in [7, 11) is 0. The SMILES string of the molecule is Cc1nc2scc(-c3ccco3)c2c(=O)n1CCCC(N)=O. The zero-order valence-electron chi connectivity index (χ0n) is 12.0. The molecule has 0 fully saturated rings. The van der Waals surface area contributed by atoms with Crippen molar-refractivity contribution in [3.05, 3.63) is 40.0 Å². The minimum Gasteiger partial charge on any atom is -0.464 e. The summed E-state index contributed by atoms with van der Waals surface area (Å²) in [4.78, 5) is 28.8. The first-order valence-corrected chi connectivity index (χ1v) is 7.76. The highest BCUT2D eigenvalue weighted by Crippen LogP contribution is 2.31. The van der Waals surface area contributed by atoms with Gasteiger partial charge in [-0.3, -0.25) is 14.2 Å². The van der Waals surface area contributed by atoms with Crippen LogP contribution in [0.4, 0.5) is 0 Å². The fourth-order valence-electron chi connectivity index (χ4n) is 2.41. The van der Waals surface area contributed by atoms with Crippen LogP contribution in [-0.4, -0.2) is 15.5 Å². The molecule has 7 heteroatoms. The highest BCUT2D eigenvalue weighted by molar-refractivity contribution is 7.17. The van der Waals surface area contributed by atoms with Crippen molar-refractivity contribution in [1.29, 1.82) is 0 Å². The molecule has 0 radical (unpaired) electrons. The van der Waals surface area contributed by atoms with Gasteiger partial charge in [0.1, 0.15) is 16.4 Å². The molecule has 3 aromatic heterocycles. The summed E-state index contributed by atoms with van der Waals surface area (Å²) in [6, 6.07) is 3.60. The van der Waals surface area contributed by atoms with E-state index in [-0.39, 0.29) is 17.9 Å². The highest BCUT2D eigenvalue weighted by atomic mass is 32.1. The van der Waals surface area contributed by atoms with E-state index in [1.807, 2.05) is 11.4 Å². The average molecular weight is 317 g/mol. The molecule has 0 saturated heterocycles. The summed E-state index contributed by atoms with van der Waals surface area (Å²) in [5.74, 6) is 0.916. The lowest BCUT2D eigenvalue weighted by molar-refractivity contribution is -0.118. The third-order valence-electron chi connectivity index (χ3n) is 3.48. The number of aromatic nitrogens is 2. The average Bonchev–Trinajstić information content (AvgIpc) is 3.10. The Hall–Kier alpha value is -2.41. The van der Waals surface area contributed by atoms with Gasteiger partial charge in [0, 0.05) is 23.9 Å². The largest absolute Gasteiger partial charge is 0.464 e. The van der Waals surface area contributed by atoms with E-state index in [1.165, 1.54) is 11.3 Å². The van der Waals surface area contributed by atoms with E-state index in [9.17, 15) is 9.59 Å². The van der Waals surface area contributed by atoms with Crippen LogP contribution >= 0.6 is 11.3 Å². The summed E-state index contributed by atoms with van der Waals surface area (Å²) in [6.45, 7) is 2.21. The Morgan fingerprint density at radius 1 is 1.50 bits per heavy atom. The lowest BCUT2D eigenvalue weighted by Crippen LogP contribution is -2.24. The summed E-state index contributed by atoms with van der Waals surface area (Å²) < 4.78 is 6.98. The molecule has 114 valence electrons. The van der Waals surface area contributed by atoms with Crippen molar-refractivity contribution >= 4 is 27.5 Å². The number of aryl methyl sites for hydroxylation is 1. The smallest absolute Gasteiger partial charge is 0.263 e. The summed E-state index contributed by atoms with van der Waals surface area (Å²) >= 11 is 1.42. The van der Waals surface area contributed by atoms with Gasteiger partial charge in [0.2, 0.25) is 5.91 Å². The number of rotatable bonds is 5. The van der Waals surface area contributed by atoms with E-state index in [0.29, 0.717) is 34.8 Å². The lowest BCUT2D eigenvalue weighted by Gasteiger charge is -2.09. The van der Waals surface area contributed by atoms with Crippen molar-refractivity contribution in [2.75, 3.05) is 0 Å². The van der Waals surface area contributed by atoms with Gasteiger partial charge in [-0.15, -0.1) is 11.3 Å². The number of amides is 1. The molecule has 0 unspecified atom stereocenters. The standard InChI is InChI=1S/C15H15N3O3S/c1-9-17-14-13(10(8-22-14)11-4-3-7-21-11)15(20)18(9)6-2-5-12(16)19/h3-4,7-8H,2,5-6H2,1H3,(H2,16,19). The van der Waals surface area contributed by atoms with Crippen LogP contribution in [0.5, 0.6) is 0 Å². The van der Waals surface area contributed by atoms with E-state index >= 15 is 0 Å². The maximum atomic E-state index is 12.8. The number of fused-ring (bicyclic) bond motifs is 1. The summed E-state index contributed by atoms with van der Waals surface area (Å²) in [6.07, 6.45) is 2.34. The molecule has 2 N–H and O–H groups in total. The molecular weight excluding hydrogens is 302 g/mol. The first kappa shape index (κ1) is 14.5. The molecule has 0 aromatic carbocycles. The molecule has 1 amide bonds. The number of hydrogen-bond donors (Lipinski definition) is 1. The van der Waals surface area contributed by atoms with Gasteiger partial charge in [-0.1, -0.05) is 0 Å². The van der Waals surface area contributed by atoms with Crippen molar-refractivity contribution in [2.24, 2.45) is 5.73 Å². The van der Waals surface area contributed by atoms with E-state index < -0.39 is 0 Å². The first-order valence-electron chi connectivity index (χ1n) is 6.88. The Morgan fingerprint density at radius 3 is 3.00 bits per heavy atom. The van der Waals surface area contributed by atoms with Crippen molar-refractivity contribution in [3.8, 4) is 11.3 Å².